The fourth-order valence-corrected chi connectivity index (χ4v) is 5.50. The van der Waals surface area contributed by atoms with Gasteiger partial charge in [0.05, 0.1) is 6.04 Å². The van der Waals surface area contributed by atoms with Crippen molar-refractivity contribution in [3.05, 3.63) is 75.3 Å². The molecule has 0 bridgehead atoms. The van der Waals surface area contributed by atoms with Crippen molar-refractivity contribution in [2.75, 3.05) is 5.32 Å². The van der Waals surface area contributed by atoms with Crippen LogP contribution in [0.1, 0.15) is 44.2 Å². The largest absolute Gasteiger partial charge is 0.348 e. The standard InChI is InChI=1S/C24H24Cl2N2O2/c1-4-17(13(2)3)22-24(18-9-8-16(26)11-20(18)27-23(24)30)19(12-21(29)28-22)14-6-5-7-15(25)10-14/h4-11,13,19,22H,12H2,1-3H3,(H,27,30)(H,28,29)/b17-4+/t19-,22+,24-/m0/s1. The van der Waals surface area contributed by atoms with Crippen LogP contribution in [-0.2, 0) is 15.0 Å². The lowest BCUT2D eigenvalue weighted by atomic mass is 9.58. The van der Waals surface area contributed by atoms with Gasteiger partial charge in [0.1, 0.15) is 5.41 Å². The molecule has 2 aliphatic rings. The zero-order valence-corrected chi connectivity index (χ0v) is 18.6. The van der Waals surface area contributed by atoms with Crippen molar-refractivity contribution in [3.63, 3.8) is 0 Å². The molecule has 1 saturated heterocycles. The van der Waals surface area contributed by atoms with Crippen LogP contribution in [0.2, 0.25) is 10.0 Å². The number of fused-ring (bicyclic) bond motifs is 2. The Balaban J connectivity index is 2.03. The van der Waals surface area contributed by atoms with Gasteiger partial charge in [0.2, 0.25) is 11.8 Å². The summed E-state index contributed by atoms with van der Waals surface area (Å²) in [4.78, 5) is 26.7. The van der Waals surface area contributed by atoms with Crippen LogP contribution in [0.4, 0.5) is 5.69 Å². The third-order valence-corrected chi connectivity index (χ3v) is 6.81. The summed E-state index contributed by atoms with van der Waals surface area (Å²) in [5, 5.41) is 7.32. The van der Waals surface area contributed by atoms with Gasteiger partial charge in [-0.3, -0.25) is 9.59 Å². The maximum absolute atomic E-state index is 13.8. The first-order chi connectivity index (χ1) is 14.3. The van der Waals surface area contributed by atoms with Crippen molar-refractivity contribution in [1.82, 2.24) is 5.32 Å². The van der Waals surface area contributed by atoms with Crippen molar-refractivity contribution in [3.8, 4) is 0 Å². The molecule has 0 aromatic heterocycles. The van der Waals surface area contributed by atoms with Crippen LogP contribution in [0.5, 0.6) is 0 Å². The third-order valence-electron chi connectivity index (χ3n) is 6.34. The first kappa shape index (κ1) is 21.0. The molecule has 30 heavy (non-hydrogen) atoms. The number of benzene rings is 2. The molecule has 0 aliphatic carbocycles. The Morgan fingerprint density at radius 1 is 1.13 bits per heavy atom. The van der Waals surface area contributed by atoms with Crippen molar-refractivity contribution < 1.29 is 9.59 Å². The SMILES string of the molecule is C/C=C(\C(C)C)[C@H]1NC(=O)C[C@@H](c2cccc(Cl)c2)[C@]12C(=O)Nc1cc(Cl)ccc12. The molecule has 0 unspecified atom stereocenters. The Morgan fingerprint density at radius 3 is 2.53 bits per heavy atom. The average Bonchev–Trinajstić information content (AvgIpc) is 2.96. The molecule has 2 amide bonds. The summed E-state index contributed by atoms with van der Waals surface area (Å²) in [6.45, 7) is 6.11. The van der Waals surface area contributed by atoms with Crippen LogP contribution in [0.3, 0.4) is 0 Å². The number of nitrogens with one attached hydrogen (secondary N) is 2. The number of piperidine rings is 1. The van der Waals surface area contributed by atoms with Crippen LogP contribution >= 0.6 is 23.2 Å². The highest BCUT2D eigenvalue weighted by molar-refractivity contribution is 6.31. The number of halogens is 2. The lowest BCUT2D eigenvalue weighted by Gasteiger charge is -2.48. The van der Waals surface area contributed by atoms with Gasteiger partial charge in [0.25, 0.3) is 0 Å². The number of hydrogen-bond donors (Lipinski definition) is 2. The molecule has 0 saturated carbocycles. The smallest absolute Gasteiger partial charge is 0.238 e. The first-order valence-electron chi connectivity index (χ1n) is 10.1. The molecule has 6 heteroatoms. The van der Waals surface area contributed by atoms with Gasteiger partial charge in [-0.15, -0.1) is 0 Å². The molecule has 3 atom stereocenters. The summed E-state index contributed by atoms with van der Waals surface area (Å²) in [5.41, 5.74) is 2.45. The zero-order chi connectivity index (χ0) is 21.6. The summed E-state index contributed by atoms with van der Waals surface area (Å²) in [5.74, 6) is -0.425. The lowest BCUT2D eigenvalue weighted by Crippen LogP contribution is -2.63. The summed E-state index contributed by atoms with van der Waals surface area (Å²) in [6, 6.07) is 12.5. The molecule has 156 valence electrons. The van der Waals surface area contributed by atoms with Crippen LogP contribution < -0.4 is 10.6 Å². The maximum Gasteiger partial charge on any atom is 0.238 e. The maximum atomic E-state index is 13.8. The predicted molar refractivity (Wildman–Crippen MR) is 121 cm³/mol. The van der Waals surface area contributed by atoms with E-state index in [2.05, 4.69) is 24.5 Å². The monoisotopic (exact) mass is 442 g/mol. The molecule has 4 rings (SSSR count). The van der Waals surface area contributed by atoms with Crippen LogP contribution in [0.15, 0.2) is 54.1 Å². The van der Waals surface area contributed by atoms with E-state index < -0.39 is 11.5 Å². The third kappa shape index (κ3) is 3.14. The normalized spacial score (nSPS) is 26.0. The number of allylic oxidation sites excluding steroid dienone is 1. The Kier molecular flexibility index (Phi) is 5.41. The van der Waals surface area contributed by atoms with Gasteiger partial charge >= 0.3 is 0 Å². The van der Waals surface area contributed by atoms with Crippen molar-refractivity contribution in [1.29, 1.82) is 0 Å². The number of rotatable bonds is 3. The minimum absolute atomic E-state index is 0.0779. The fraction of sp³-hybridized carbons (Fsp3) is 0.333. The topological polar surface area (TPSA) is 58.2 Å². The average molecular weight is 443 g/mol. The van der Waals surface area contributed by atoms with E-state index in [-0.39, 0.29) is 30.1 Å². The second-order valence-corrected chi connectivity index (χ2v) is 9.14. The molecular formula is C24H24Cl2N2O2. The van der Waals surface area contributed by atoms with Gasteiger partial charge in [0, 0.05) is 28.1 Å². The first-order valence-corrected chi connectivity index (χ1v) is 10.9. The van der Waals surface area contributed by atoms with Crippen molar-refractivity contribution in [2.24, 2.45) is 5.92 Å². The summed E-state index contributed by atoms with van der Waals surface area (Å²) in [7, 11) is 0. The molecule has 2 aliphatic heterocycles. The van der Waals surface area contributed by atoms with E-state index in [0.29, 0.717) is 15.7 Å². The van der Waals surface area contributed by atoms with Gasteiger partial charge in [0.15, 0.2) is 0 Å². The number of carbonyl (C=O) groups excluding carboxylic acids is 2. The molecule has 4 nitrogen and oxygen atoms in total. The Labute approximate surface area is 186 Å². The van der Waals surface area contributed by atoms with Gasteiger partial charge in [-0.2, -0.15) is 0 Å². The number of carbonyl (C=O) groups is 2. The van der Waals surface area contributed by atoms with E-state index in [9.17, 15) is 9.59 Å². The number of anilines is 1. The van der Waals surface area contributed by atoms with Crippen molar-refractivity contribution in [2.45, 2.75) is 44.6 Å². The molecule has 2 aromatic carbocycles. The van der Waals surface area contributed by atoms with E-state index in [1.165, 1.54) is 0 Å². The quantitative estimate of drug-likeness (QED) is 0.620. The minimum Gasteiger partial charge on any atom is -0.348 e. The van der Waals surface area contributed by atoms with E-state index in [4.69, 9.17) is 23.2 Å². The van der Waals surface area contributed by atoms with Gasteiger partial charge in [-0.1, -0.05) is 61.3 Å². The van der Waals surface area contributed by atoms with Crippen LogP contribution in [0.25, 0.3) is 0 Å². The summed E-state index contributed by atoms with van der Waals surface area (Å²) >= 11 is 12.5. The second-order valence-electron chi connectivity index (χ2n) is 8.27. The summed E-state index contributed by atoms with van der Waals surface area (Å²) < 4.78 is 0. The van der Waals surface area contributed by atoms with E-state index in [1.807, 2.05) is 37.3 Å². The predicted octanol–water partition coefficient (Wildman–Crippen LogP) is 5.46. The van der Waals surface area contributed by atoms with Gasteiger partial charge in [-0.25, -0.2) is 0 Å². The molecular weight excluding hydrogens is 419 g/mol. The number of hydrogen-bond acceptors (Lipinski definition) is 2. The highest BCUT2D eigenvalue weighted by atomic mass is 35.5. The van der Waals surface area contributed by atoms with Gasteiger partial charge < -0.3 is 10.6 Å². The molecule has 2 aromatic rings. The molecule has 2 heterocycles. The Bertz CT molecular complexity index is 1060. The van der Waals surface area contributed by atoms with E-state index >= 15 is 0 Å². The molecule has 2 N–H and O–H groups in total. The molecule has 1 fully saturated rings. The van der Waals surface area contributed by atoms with E-state index in [0.717, 1.165) is 16.7 Å². The minimum atomic E-state index is -0.995. The fourth-order valence-electron chi connectivity index (χ4n) is 5.13. The highest BCUT2D eigenvalue weighted by Crippen LogP contribution is 2.55. The zero-order valence-electron chi connectivity index (χ0n) is 17.1. The second kappa shape index (κ2) is 7.75. The van der Waals surface area contributed by atoms with Crippen molar-refractivity contribution >= 4 is 40.7 Å². The molecule has 1 spiro atoms. The Morgan fingerprint density at radius 2 is 1.87 bits per heavy atom. The summed E-state index contributed by atoms with van der Waals surface area (Å²) in [6.07, 6.45) is 2.21. The van der Waals surface area contributed by atoms with Gasteiger partial charge in [-0.05, 0) is 53.8 Å². The Hall–Kier alpha value is -2.30. The van der Waals surface area contributed by atoms with E-state index in [1.54, 1.807) is 18.2 Å². The van der Waals surface area contributed by atoms with Crippen LogP contribution in [-0.4, -0.2) is 17.9 Å². The van der Waals surface area contributed by atoms with Crippen LogP contribution in [0, 0.1) is 5.92 Å². The number of amides is 2. The lowest BCUT2D eigenvalue weighted by molar-refractivity contribution is -0.130. The highest BCUT2D eigenvalue weighted by Gasteiger charge is 2.61. The molecule has 0 radical (unpaired) electrons.